The predicted octanol–water partition coefficient (Wildman–Crippen LogP) is 2.19. The Morgan fingerprint density at radius 2 is 2.06 bits per heavy atom. The van der Waals surface area contributed by atoms with E-state index in [-0.39, 0.29) is 6.61 Å². The lowest BCUT2D eigenvalue weighted by molar-refractivity contribution is 0.281. The van der Waals surface area contributed by atoms with Crippen molar-refractivity contribution >= 4 is 5.69 Å². The summed E-state index contributed by atoms with van der Waals surface area (Å²) in [6.45, 7) is 0.762. The summed E-state index contributed by atoms with van der Waals surface area (Å²) in [5.74, 6) is 0.587. The van der Waals surface area contributed by atoms with E-state index in [1.54, 1.807) is 13.3 Å². The van der Waals surface area contributed by atoms with Crippen molar-refractivity contribution in [2.24, 2.45) is 0 Å². The third kappa shape index (κ3) is 3.21. The van der Waals surface area contributed by atoms with Crippen molar-refractivity contribution in [3.63, 3.8) is 0 Å². The summed E-state index contributed by atoms with van der Waals surface area (Å²) in [6, 6.07) is 11.6. The quantitative estimate of drug-likeness (QED) is 0.846. The Hall–Kier alpha value is -2.07. The van der Waals surface area contributed by atoms with Gasteiger partial charge in [0.1, 0.15) is 0 Å². The van der Waals surface area contributed by atoms with Crippen molar-refractivity contribution in [1.82, 2.24) is 4.98 Å². The fraction of sp³-hybridized carbons (Fsp3) is 0.214. The number of aromatic nitrogens is 1. The second kappa shape index (κ2) is 6.02. The van der Waals surface area contributed by atoms with Crippen LogP contribution in [0.4, 0.5) is 5.69 Å². The highest BCUT2D eigenvalue weighted by atomic mass is 16.5. The molecule has 94 valence electrons. The average molecular weight is 244 g/mol. The average Bonchev–Trinajstić information content (AvgIpc) is 2.45. The normalized spacial score (nSPS) is 10.1. The summed E-state index contributed by atoms with van der Waals surface area (Å²) < 4.78 is 5.06. The van der Waals surface area contributed by atoms with E-state index in [4.69, 9.17) is 9.84 Å². The molecule has 0 radical (unpaired) electrons. The number of nitrogens with zero attached hydrogens (tertiary/aromatic N) is 1. The Bertz CT molecular complexity index is 467. The molecule has 1 heterocycles. The molecule has 0 amide bonds. The van der Waals surface area contributed by atoms with Gasteiger partial charge in [-0.1, -0.05) is 24.3 Å². The van der Waals surface area contributed by atoms with Gasteiger partial charge in [-0.05, 0) is 17.2 Å². The zero-order chi connectivity index (χ0) is 12.8. The van der Waals surface area contributed by atoms with Gasteiger partial charge in [-0.3, -0.25) is 0 Å². The van der Waals surface area contributed by atoms with E-state index >= 15 is 0 Å². The Morgan fingerprint density at radius 3 is 2.83 bits per heavy atom. The SMILES string of the molecule is COc1cc(NCc2cccc(CO)c2)ccn1. The predicted molar refractivity (Wildman–Crippen MR) is 70.5 cm³/mol. The van der Waals surface area contributed by atoms with Gasteiger partial charge >= 0.3 is 0 Å². The van der Waals surface area contributed by atoms with Crippen LogP contribution in [-0.4, -0.2) is 17.2 Å². The molecule has 0 saturated heterocycles. The van der Waals surface area contributed by atoms with Crippen LogP contribution in [0.1, 0.15) is 11.1 Å². The fourth-order valence-corrected chi connectivity index (χ4v) is 1.67. The van der Waals surface area contributed by atoms with Crippen molar-refractivity contribution in [3.05, 3.63) is 53.7 Å². The molecule has 4 nitrogen and oxygen atoms in total. The lowest BCUT2D eigenvalue weighted by atomic mass is 10.1. The summed E-state index contributed by atoms with van der Waals surface area (Å²) in [5.41, 5.74) is 3.00. The zero-order valence-corrected chi connectivity index (χ0v) is 10.3. The first-order valence-corrected chi connectivity index (χ1v) is 5.74. The molecule has 0 fully saturated rings. The fourth-order valence-electron chi connectivity index (χ4n) is 1.67. The number of ether oxygens (including phenoxy) is 1. The summed E-state index contributed by atoms with van der Waals surface area (Å²) in [5, 5.41) is 12.4. The van der Waals surface area contributed by atoms with Gasteiger partial charge in [0.2, 0.25) is 5.88 Å². The Balaban J connectivity index is 2.01. The van der Waals surface area contributed by atoms with Crippen LogP contribution >= 0.6 is 0 Å². The molecule has 2 rings (SSSR count). The molecule has 0 saturated carbocycles. The molecule has 0 aliphatic heterocycles. The molecule has 1 aromatic heterocycles. The third-order valence-electron chi connectivity index (χ3n) is 2.61. The second-order valence-corrected chi connectivity index (χ2v) is 3.92. The van der Waals surface area contributed by atoms with E-state index in [1.807, 2.05) is 36.4 Å². The monoisotopic (exact) mass is 244 g/mol. The van der Waals surface area contributed by atoms with Gasteiger partial charge in [-0.25, -0.2) is 4.98 Å². The van der Waals surface area contributed by atoms with Crippen molar-refractivity contribution in [2.75, 3.05) is 12.4 Å². The minimum Gasteiger partial charge on any atom is -0.481 e. The number of rotatable bonds is 5. The minimum atomic E-state index is 0.0664. The highest BCUT2D eigenvalue weighted by Crippen LogP contribution is 2.15. The first-order valence-electron chi connectivity index (χ1n) is 5.74. The molecule has 0 aliphatic carbocycles. The van der Waals surface area contributed by atoms with E-state index in [2.05, 4.69) is 10.3 Å². The topological polar surface area (TPSA) is 54.4 Å². The lowest BCUT2D eigenvalue weighted by Crippen LogP contribution is -2.00. The van der Waals surface area contributed by atoms with Gasteiger partial charge < -0.3 is 15.2 Å². The number of methoxy groups -OCH3 is 1. The van der Waals surface area contributed by atoms with Gasteiger partial charge in [0.05, 0.1) is 13.7 Å². The summed E-state index contributed by atoms with van der Waals surface area (Å²) >= 11 is 0. The lowest BCUT2D eigenvalue weighted by Gasteiger charge is -2.08. The van der Waals surface area contributed by atoms with Crippen LogP contribution in [0.25, 0.3) is 0 Å². The van der Waals surface area contributed by atoms with Crippen LogP contribution in [-0.2, 0) is 13.2 Å². The number of pyridine rings is 1. The van der Waals surface area contributed by atoms with E-state index < -0.39 is 0 Å². The Morgan fingerprint density at radius 1 is 1.22 bits per heavy atom. The molecule has 0 aliphatic rings. The third-order valence-corrected chi connectivity index (χ3v) is 2.61. The highest BCUT2D eigenvalue weighted by Gasteiger charge is 1.98. The summed E-state index contributed by atoms with van der Waals surface area (Å²) in [4.78, 5) is 4.04. The maximum atomic E-state index is 9.07. The van der Waals surface area contributed by atoms with Gasteiger partial charge in [0.25, 0.3) is 0 Å². The molecule has 2 aromatic rings. The van der Waals surface area contributed by atoms with Gasteiger partial charge in [0.15, 0.2) is 0 Å². The van der Waals surface area contributed by atoms with E-state index in [1.165, 1.54) is 0 Å². The van der Waals surface area contributed by atoms with Gasteiger partial charge in [-0.2, -0.15) is 0 Å². The number of hydrogen-bond donors (Lipinski definition) is 2. The molecule has 1 aromatic carbocycles. The first kappa shape index (κ1) is 12.4. The molecule has 0 bridgehead atoms. The minimum absolute atomic E-state index is 0.0664. The smallest absolute Gasteiger partial charge is 0.214 e. The molecule has 0 spiro atoms. The Labute approximate surface area is 106 Å². The van der Waals surface area contributed by atoms with E-state index in [0.29, 0.717) is 12.4 Å². The maximum Gasteiger partial charge on any atom is 0.214 e. The zero-order valence-electron chi connectivity index (χ0n) is 10.3. The van der Waals surface area contributed by atoms with Crippen LogP contribution in [0.3, 0.4) is 0 Å². The molecular formula is C14H16N2O2. The Kier molecular flexibility index (Phi) is 4.15. The van der Waals surface area contributed by atoms with E-state index in [0.717, 1.165) is 16.8 Å². The molecule has 0 atom stereocenters. The van der Waals surface area contributed by atoms with Crippen molar-refractivity contribution < 1.29 is 9.84 Å². The summed E-state index contributed by atoms with van der Waals surface area (Å²) in [6.07, 6.45) is 1.70. The highest BCUT2D eigenvalue weighted by molar-refractivity contribution is 5.45. The number of aliphatic hydroxyl groups excluding tert-OH is 1. The van der Waals surface area contributed by atoms with Crippen molar-refractivity contribution in [1.29, 1.82) is 0 Å². The standard InChI is InChI=1S/C14H16N2O2/c1-18-14-8-13(5-6-15-14)16-9-11-3-2-4-12(7-11)10-17/h2-8,17H,9-10H2,1H3,(H,15,16). The molecular weight excluding hydrogens is 228 g/mol. The molecule has 18 heavy (non-hydrogen) atoms. The summed E-state index contributed by atoms with van der Waals surface area (Å²) in [7, 11) is 1.59. The van der Waals surface area contributed by atoms with E-state index in [9.17, 15) is 0 Å². The van der Waals surface area contributed by atoms with Crippen molar-refractivity contribution in [3.8, 4) is 5.88 Å². The number of aliphatic hydroxyl groups is 1. The number of benzene rings is 1. The van der Waals surface area contributed by atoms with Crippen LogP contribution in [0.5, 0.6) is 5.88 Å². The van der Waals surface area contributed by atoms with Crippen molar-refractivity contribution in [2.45, 2.75) is 13.2 Å². The maximum absolute atomic E-state index is 9.07. The van der Waals surface area contributed by atoms with Crippen LogP contribution in [0.15, 0.2) is 42.6 Å². The number of hydrogen-bond acceptors (Lipinski definition) is 4. The molecule has 0 unspecified atom stereocenters. The van der Waals surface area contributed by atoms with Crippen LogP contribution in [0.2, 0.25) is 0 Å². The van der Waals surface area contributed by atoms with Gasteiger partial charge in [0, 0.05) is 24.5 Å². The van der Waals surface area contributed by atoms with Crippen LogP contribution < -0.4 is 10.1 Å². The first-order chi connectivity index (χ1) is 8.81. The largest absolute Gasteiger partial charge is 0.481 e. The molecule has 4 heteroatoms. The van der Waals surface area contributed by atoms with Gasteiger partial charge in [-0.15, -0.1) is 0 Å². The molecule has 2 N–H and O–H groups in total. The number of nitrogens with one attached hydrogen (secondary N) is 1. The van der Waals surface area contributed by atoms with Crippen LogP contribution in [0, 0.1) is 0 Å². The second-order valence-electron chi connectivity index (χ2n) is 3.92. The number of anilines is 1.